The molecule has 0 saturated heterocycles. The maximum atomic E-state index is 10.5. The zero-order valence-electron chi connectivity index (χ0n) is 17.2. The molecular weight excluding hydrogens is 316 g/mol. The Balaban J connectivity index is 1.97. The summed E-state index contributed by atoms with van der Waals surface area (Å²) in [5.74, 6) is 0.171. The van der Waals surface area contributed by atoms with E-state index in [2.05, 4.69) is 13.5 Å². The fourth-order valence-electron chi connectivity index (χ4n) is 3.70. The molecule has 0 aliphatic heterocycles. The summed E-state index contributed by atoms with van der Waals surface area (Å²) in [6.07, 6.45) is 20.5. The molecule has 1 heteroatoms. The number of aliphatic hydroxyl groups excluding tert-OH is 1. The van der Waals surface area contributed by atoms with Crippen LogP contribution in [0.15, 0.2) is 43.0 Å². The fraction of sp³-hybridized carbons (Fsp3) is 0.680. The van der Waals surface area contributed by atoms with Gasteiger partial charge in [-0.3, -0.25) is 0 Å². The molecule has 0 heterocycles. The third kappa shape index (κ3) is 10.8. The summed E-state index contributed by atoms with van der Waals surface area (Å²) in [5, 5.41) is 10.5. The van der Waals surface area contributed by atoms with Gasteiger partial charge in [-0.25, -0.2) is 0 Å². The second-order valence-corrected chi connectivity index (χ2v) is 7.79. The molecular formula is C25H42O. The second kappa shape index (κ2) is 16.1. The van der Waals surface area contributed by atoms with Crippen LogP contribution in [0.4, 0.5) is 0 Å². The van der Waals surface area contributed by atoms with Gasteiger partial charge in [0.05, 0.1) is 6.10 Å². The summed E-state index contributed by atoms with van der Waals surface area (Å²) >= 11 is 0. The molecule has 0 amide bonds. The first kappa shape index (κ1) is 23.0. The van der Waals surface area contributed by atoms with E-state index >= 15 is 0 Å². The molecule has 0 aromatic heterocycles. The van der Waals surface area contributed by atoms with E-state index in [0.717, 1.165) is 12.0 Å². The number of hydrogen-bond donors (Lipinski definition) is 1. The molecule has 26 heavy (non-hydrogen) atoms. The molecule has 148 valence electrons. The molecule has 1 N–H and O–H groups in total. The summed E-state index contributed by atoms with van der Waals surface area (Å²) in [7, 11) is 0. The maximum Gasteiger partial charge on any atom is 0.0852 e. The molecule has 2 atom stereocenters. The van der Waals surface area contributed by atoms with Crippen molar-refractivity contribution in [3.8, 4) is 0 Å². The van der Waals surface area contributed by atoms with Crippen LogP contribution in [-0.4, -0.2) is 5.11 Å². The Kier molecular flexibility index (Phi) is 14.2. The Morgan fingerprint density at radius 1 is 0.769 bits per heavy atom. The monoisotopic (exact) mass is 358 g/mol. The summed E-state index contributed by atoms with van der Waals surface area (Å²) in [5.41, 5.74) is 1.01. The number of unbranched alkanes of at least 4 members (excludes halogenated alkanes) is 12. The van der Waals surface area contributed by atoms with Gasteiger partial charge in [0.25, 0.3) is 0 Å². The van der Waals surface area contributed by atoms with Crippen molar-refractivity contribution >= 4 is 0 Å². The standard InChI is InChI=1S/C25H42O/c1-3-5-6-7-8-9-10-11-12-13-14-15-17-20-23(4-2)25(26)24-21-18-16-19-22-24/h4,16,18-19,21-23,25-26H,2-3,5-15,17,20H2,1H3. The first-order chi connectivity index (χ1) is 12.8. The number of hydrogen-bond acceptors (Lipinski definition) is 1. The Morgan fingerprint density at radius 2 is 1.23 bits per heavy atom. The normalized spacial score (nSPS) is 13.5. The van der Waals surface area contributed by atoms with Gasteiger partial charge >= 0.3 is 0 Å². The van der Waals surface area contributed by atoms with E-state index in [1.165, 1.54) is 83.5 Å². The zero-order chi connectivity index (χ0) is 18.9. The van der Waals surface area contributed by atoms with Crippen molar-refractivity contribution in [2.75, 3.05) is 0 Å². The van der Waals surface area contributed by atoms with Gasteiger partial charge in [0.15, 0.2) is 0 Å². The van der Waals surface area contributed by atoms with Crippen LogP contribution >= 0.6 is 0 Å². The van der Waals surface area contributed by atoms with Crippen molar-refractivity contribution in [1.29, 1.82) is 0 Å². The molecule has 0 radical (unpaired) electrons. The van der Waals surface area contributed by atoms with Crippen molar-refractivity contribution in [2.24, 2.45) is 5.92 Å². The third-order valence-corrected chi connectivity index (χ3v) is 5.49. The lowest BCUT2D eigenvalue weighted by Crippen LogP contribution is -2.10. The van der Waals surface area contributed by atoms with Gasteiger partial charge in [0.2, 0.25) is 0 Å². The molecule has 1 aromatic rings. The smallest absolute Gasteiger partial charge is 0.0852 e. The van der Waals surface area contributed by atoms with Crippen LogP contribution in [0.5, 0.6) is 0 Å². The number of aliphatic hydroxyl groups is 1. The van der Waals surface area contributed by atoms with Crippen molar-refractivity contribution < 1.29 is 5.11 Å². The van der Waals surface area contributed by atoms with Gasteiger partial charge in [-0.2, -0.15) is 0 Å². The van der Waals surface area contributed by atoms with E-state index in [4.69, 9.17) is 0 Å². The van der Waals surface area contributed by atoms with Crippen molar-refractivity contribution in [1.82, 2.24) is 0 Å². The minimum atomic E-state index is -0.411. The molecule has 0 spiro atoms. The van der Waals surface area contributed by atoms with Crippen LogP contribution in [0.2, 0.25) is 0 Å². The van der Waals surface area contributed by atoms with Gasteiger partial charge in [0, 0.05) is 5.92 Å². The molecule has 1 aromatic carbocycles. The summed E-state index contributed by atoms with van der Waals surface area (Å²) in [4.78, 5) is 0. The molecule has 1 rings (SSSR count). The molecule has 0 saturated carbocycles. The minimum Gasteiger partial charge on any atom is -0.388 e. The van der Waals surface area contributed by atoms with E-state index in [-0.39, 0.29) is 5.92 Å². The van der Waals surface area contributed by atoms with E-state index in [1.807, 2.05) is 36.4 Å². The van der Waals surface area contributed by atoms with Crippen molar-refractivity contribution in [3.05, 3.63) is 48.6 Å². The van der Waals surface area contributed by atoms with E-state index < -0.39 is 6.10 Å². The third-order valence-electron chi connectivity index (χ3n) is 5.49. The van der Waals surface area contributed by atoms with Crippen LogP contribution in [0.25, 0.3) is 0 Å². The van der Waals surface area contributed by atoms with Gasteiger partial charge in [-0.15, -0.1) is 6.58 Å². The Hall–Kier alpha value is -1.08. The average Bonchev–Trinajstić information content (AvgIpc) is 2.68. The maximum absolute atomic E-state index is 10.5. The molecule has 0 aliphatic rings. The predicted octanol–water partition coefficient (Wildman–Crippen LogP) is 8.00. The Morgan fingerprint density at radius 3 is 1.69 bits per heavy atom. The highest BCUT2D eigenvalue weighted by Gasteiger charge is 2.17. The molecule has 0 aliphatic carbocycles. The fourth-order valence-corrected chi connectivity index (χ4v) is 3.70. The number of rotatable bonds is 17. The Labute approximate surface area is 162 Å². The summed E-state index contributed by atoms with van der Waals surface area (Å²) in [6, 6.07) is 9.98. The highest BCUT2D eigenvalue weighted by atomic mass is 16.3. The van der Waals surface area contributed by atoms with Crippen molar-refractivity contribution in [2.45, 2.75) is 103 Å². The highest BCUT2D eigenvalue weighted by Crippen LogP contribution is 2.27. The zero-order valence-corrected chi connectivity index (χ0v) is 17.2. The van der Waals surface area contributed by atoms with Crippen LogP contribution in [0, 0.1) is 5.92 Å². The topological polar surface area (TPSA) is 20.2 Å². The average molecular weight is 359 g/mol. The SMILES string of the molecule is C=CC(CCCCCCCCCCCCCCC)C(O)c1ccccc1. The van der Waals surface area contributed by atoms with E-state index in [9.17, 15) is 5.11 Å². The van der Waals surface area contributed by atoms with Crippen LogP contribution < -0.4 is 0 Å². The van der Waals surface area contributed by atoms with Gasteiger partial charge in [-0.05, 0) is 12.0 Å². The minimum absolute atomic E-state index is 0.171. The highest BCUT2D eigenvalue weighted by molar-refractivity contribution is 5.19. The lowest BCUT2D eigenvalue weighted by atomic mass is 9.90. The van der Waals surface area contributed by atoms with Gasteiger partial charge < -0.3 is 5.11 Å². The second-order valence-electron chi connectivity index (χ2n) is 7.79. The first-order valence-corrected chi connectivity index (χ1v) is 11.1. The summed E-state index contributed by atoms with van der Waals surface area (Å²) < 4.78 is 0. The number of benzene rings is 1. The van der Waals surface area contributed by atoms with E-state index in [1.54, 1.807) is 0 Å². The van der Waals surface area contributed by atoms with Gasteiger partial charge in [0.1, 0.15) is 0 Å². The van der Waals surface area contributed by atoms with Gasteiger partial charge in [-0.1, -0.05) is 127 Å². The van der Waals surface area contributed by atoms with Crippen LogP contribution in [-0.2, 0) is 0 Å². The van der Waals surface area contributed by atoms with Crippen LogP contribution in [0.3, 0.4) is 0 Å². The first-order valence-electron chi connectivity index (χ1n) is 11.1. The molecule has 2 unspecified atom stereocenters. The molecule has 0 fully saturated rings. The van der Waals surface area contributed by atoms with E-state index in [0.29, 0.717) is 0 Å². The largest absolute Gasteiger partial charge is 0.388 e. The lowest BCUT2D eigenvalue weighted by Gasteiger charge is -2.20. The molecule has 0 bridgehead atoms. The quantitative estimate of drug-likeness (QED) is 0.221. The Bertz CT molecular complexity index is 425. The van der Waals surface area contributed by atoms with Crippen molar-refractivity contribution in [3.63, 3.8) is 0 Å². The predicted molar refractivity (Wildman–Crippen MR) is 115 cm³/mol. The van der Waals surface area contributed by atoms with Crippen LogP contribution in [0.1, 0.15) is 108 Å². The summed E-state index contributed by atoms with van der Waals surface area (Å²) in [6.45, 7) is 6.21. The lowest BCUT2D eigenvalue weighted by molar-refractivity contribution is 0.125. The molecule has 1 nitrogen and oxygen atoms in total.